The second-order valence-corrected chi connectivity index (χ2v) is 11.1. The minimum Gasteiger partial charge on any atom is -0.444 e. The fourth-order valence-corrected chi connectivity index (χ4v) is 6.08. The van der Waals surface area contributed by atoms with E-state index in [-0.39, 0.29) is 11.9 Å². The lowest BCUT2D eigenvalue weighted by Gasteiger charge is -2.38. The molecule has 7 heteroatoms. The molecular formula is C24H32FNO4S. The van der Waals surface area contributed by atoms with Crippen molar-refractivity contribution in [2.24, 2.45) is 11.3 Å². The molecule has 2 aromatic rings. The molecule has 1 N–H and O–H groups in total. The van der Waals surface area contributed by atoms with Gasteiger partial charge in [0.05, 0.1) is 10.8 Å². The maximum atomic E-state index is 14.3. The van der Waals surface area contributed by atoms with Crippen molar-refractivity contribution in [2.45, 2.75) is 58.2 Å². The largest absolute Gasteiger partial charge is 0.444 e. The van der Waals surface area contributed by atoms with Crippen LogP contribution < -0.4 is 0 Å². The third-order valence-electron chi connectivity index (χ3n) is 6.44. The van der Waals surface area contributed by atoms with Crippen LogP contribution in [0, 0.1) is 17.2 Å². The number of nitrogens with zero attached hydrogens (tertiary/aromatic N) is 1. The molecule has 2 aliphatic heterocycles. The number of likely N-dealkylation sites (tertiary alicyclic amines) is 1. The molecule has 4 rings (SSSR count). The van der Waals surface area contributed by atoms with E-state index in [0.29, 0.717) is 30.1 Å². The highest BCUT2D eigenvalue weighted by Gasteiger charge is 2.48. The molecule has 31 heavy (non-hydrogen) atoms. The smallest absolute Gasteiger partial charge is 0.410 e. The van der Waals surface area contributed by atoms with Gasteiger partial charge < -0.3 is 19.5 Å². The van der Waals surface area contributed by atoms with Crippen LogP contribution in [0.4, 0.5) is 9.18 Å². The Bertz CT molecular complexity index is 933. The van der Waals surface area contributed by atoms with Gasteiger partial charge in [-0.15, -0.1) is 11.3 Å². The van der Waals surface area contributed by atoms with Crippen molar-refractivity contribution in [3.05, 3.63) is 35.0 Å². The molecule has 0 spiro atoms. The van der Waals surface area contributed by atoms with Crippen LogP contribution in [0.25, 0.3) is 10.1 Å². The number of aliphatic hydroxyl groups is 1. The van der Waals surface area contributed by atoms with Crippen LogP contribution in [0.5, 0.6) is 0 Å². The average Bonchev–Trinajstić information content (AvgIpc) is 3.33. The van der Waals surface area contributed by atoms with Gasteiger partial charge in [0, 0.05) is 36.6 Å². The number of aliphatic hydroxyl groups excluding tert-OH is 1. The lowest BCUT2D eigenvalue weighted by molar-refractivity contribution is -0.0143. The maximum Gasteiger partial charge on any atom is 0.410 e. The molecule has 2 unspecified atom stereocenters. The van der Waals surface area contributed by atoms with Gasteiger partial charge >= 0.3 is 6.09 Å². The van der Waals surface area contributed by atoms with Crippen molar-refractivity contribution in [1.82, 2.24) is 4.90 Å². The molecule has 0 saturated carbocycles. The molecule has 2 atom stereocenters. The Hall–Kier alpha value is -1.70. The van der Waals surface area contributed by atoms with E-state index in [1.165, 1.54) is 17.4 Å². The van der Waals surface area contributed by atoms with Gasteiger partial charge in [-0.1, -0.05) is 12.1 Å². The molecule has 1 aromatic heterocycles. The fourth-order valence-electron chi connectivity index (χ4n) is 4.89. The molecule has 2 aliphatic rings. The summed E-state index contributed by atoms with van der Waals surface area (Å²) >= 11 is 1.31. The minimum atomic E-state index is -0.764. The Kier molecular flexibility index (Phi) is 6.30. The van der Waals surface area contributed by atoms with E-state index in [0.717, 1.165) is 42.7 Å². The van der Waals surface area contributed by atoms with Crippen molar-refractivity contribution < 1.29 is 23.8 Å². The minimum absolute atomic E-state index is 0.263. The summed E-state index contributed by atoms with van der Waals surface area (Å²) in [5.74, 6) is 0.175. The van der Waals surface area contributed by atoms with E-state index in [1.807, 2.05) is 32.9 Å². The predicted molar refractivity (Wildman–Crippen MR) is 120 cm³/mol. The van der Waals surface area contributed by atoms with Gasteiger partial charge in [-0.25, -0.2) is 9.18 Å². The first-order valence-corrected chi connectivity index (χ1v) is 11.9. The van der Waals surface area contributed by atoms with Gasteiger partial charge in [-0.05, 0) is 69.9 Å². The molecule has 2 fully saturated rings. The molecule has 0 bridgehead atoms. The highest BCUT2D eigenvalue weighted by Crippen LogP contribution is 2.50. The number of halogens is 1. The summed E-state index contributed by atoms with van der Waals surface area (Å²) in [7, 11) is 0. The number of hydrogen-bond donors (Lipinski definition) is 1. The number of carbonyl (C=O) groups is 1. The van der Waals surface area contributed by atoms with E-state index in [9.17, 15) is 14.3 Å². The topological polar surface area (TPSA) is 59.0 Å². The Morgan fingerprint density at radius 2 is 2.13 bits per heavy atom. The third kappa shape index (κ3) is 4.89. The Morgan fingerprint density at radius 1 is 1.39 bits per heavy atom. The monoisotopic (exact) mass is 449 g/mol. The summed E-state index contributed by atoms with van der Waals surface area (Å²) in [6.07, 6.45) is 2.33. The second-order valence-electron chi connectivity index (χ2n) is 9.98. The number of fused-ring (bicyclic) bond motifs is 1. The van der Waals surface area contributed by atoms with Crippen LogP contribution in [-0.2, 0) is 9.47 Å². The Labute approximate surface area is 187 Å². The van der Waals surface area contributed by atoms with Gasteiger partial charge in [0.25, 0.3) is 0 Å². The van der Waals surface area contributed by atoms with Crippen LogP contribution in [0.2, 0.25) is 0 Å². The zero-order valence-corrected chi connectivity index (χ0v) is 19.3. The van der Waals surface area contributed by atoms with Crippen LogP contribution in [0.3, 0.4) is 0 Å². The number of thiophene rings is 1. The molecule has 2 saturated heterocycles. The number of benzene rings is 1. The molecule has 170 valence electrons. The molecule has 0 aliphatic carbocycles. The van der Waals surface area contributed by atoms with E-state index in [4.69, 9.17) is 9.47 Å². The van der Waals surface area contributed by atoms with Gasteiger partial charge in [0.15, 0.2) is 0 Å². The van der Waals surface area contributed by atoms with Crippen molar-refractivity contribution in [3.63, 3.8) is 0 Å². The molecule has 5 nitrogen and oxygen atoms in total. The number of ether oxygens (including phenoxy) is 2. The maximum absolute atomic E-state index is 14.3. The van der Waals surface area contributed by atoms with Crippen LogP contribution in [0.15, 0.2) is 24.3 Å². The van der Waals surface area contributed by atoms with Crippen LogP contribution in [-0.4, -0.2) is 48.0 Å². The van der Waals surface area contributed by atoms with Crippen LogP contribution in [0.1, 0.15) is 57.4 Å². The van der Waals surface area contributed by atoms with Gasteiger partial charge in [-0.2, -0.15) is 0 Å². The highest BCUT2D eigenvalue weighted by molar-refractivity contribution is 7.19. The normalized spacial score (nSPS) is 24.0. The van der Waals surface area contributed by atoms with E-state index in [2.05, 4.69) is 0 Å². The van der Waals surface area contributed by atoms with E-state index in [1.54, 1.807) is 11.0 Å². The Balaban J connectivity index is 1.62. The summed E-state index contributed by atoms with van der Waals surface area (Å²) in [6, 6.07) is 6.91. The van der Waals surface area contributed by atoms with Crippen LogP contribution >= 0.6 is 11.3 Å². The molecule has 3 heterocycles. The van der Waals surface area contributed by atoms with Crippen molar-refractivity contribution in [2.75, 3.05) is 26.3 Å². The predicted octanol–water partition coefficient (Wildman–Crippen LogP) is 5.52. The molecular weight excluding hydrogens is 417 g/mol. The summed E-state index contributed by atoms with van der Waals surface area (Å²) in [4.78, 5) is 15.2. The fraction of sp³-hybridized carbons (Fsp3) is 0.625. The van der Waals surface area contributed by atoms with Crippen molar-refractivity contribution >= 4 is 27.5 Å². The van der Waals surface area contributed by atoms with E-state index < -0.39 is 17.1 Å². The first-order valence-electron chi connectivity index (χ1n) is 11.1. The lowest BCUT2D eigenvalue weighted by Crippen LogP contribution is -2.40. The zero-order chi connectivity index (χ0) is 22.2. The molecule has 1 amide bonds. The number of carbonyl (C=O) groups excluding carboxylic acids is 1. The second kappa shape index (κ2) is 8.68. The van der Waals surface area contributed by atoms with E-state index >= 15 is 0 Å². The van der Waals surface area contributed by atoms with Gasteiger partial charge in [0.2, 0.25) is 0 Å². The lowest BCUT2D eigenvalue weighted by atomic mass is 9.72. The molecule has 0 radical (unpaired) electrons. The first-order chi connectivity index (χ1) is 14.7. The first kappa shape index (κ1) is 22.5. The summed E-state index contributed by atoms with van der Waals surface area (Å²) in [5, 5.41) is 12.4. The summed E-state index contributed by atoms with van der Waals surface area (Å²) in [6.45, 7) is 8.04. The van der Waals surface area contributed by atoms with Crippen molar-refractivity contribution in [1.29, 1.82) is 0 Å². The summed E-state index contributed by atoms with van der Waals surface area (Å²) < 4.78 is 26.0. The molecule has 1 aromatic carbocycles. The van der Waals surface area contributed by atoms with Gasteiger partial charge in [0.1, 0.15) is 11.4 Å². The number of hydrogen-bond acceptors (Lipinski definition) is 5. The number of amides is 1. The summed E-state index contributed by atoms with van der Waals surface area (Å²) in [5.41, 5.74) is -1.04. The average molecular weight is 450 g/mol. The quantitative estimate of drug-likeness (QED) is 0.668. The van der Waals surface area contributed by atoms with Gasteiger partial charge in [-0.3, -0.25) is 0 Å². The SMILES string of the molecule is CC(C)(C)OC(=O)N1CCC(CC2CCOCC2)(C(O)c2cc3cccc(F)c3s2)C1. The standard InChI is InChI=1S/C24H32FNO4S/c1-23(2,3)30-22(28)26-10-9-24(15-26,14-16-7-11-29-12-8-16)21(27)19-13-17-5-4-6-18(25)20(17)31-19/h4-6,13,16,21,27H,7-12,14-15H2,1-3H3. The zero-order valence-electron chi connectivity index (χ0n) is 18.5. The Morgan fingerprint density at radius 3 is 2.81 bits per heavy atom. The third-order valence-corrected chi connectivity index (χ3v) is 7.65. The highest BCUT2D eigenvalue weighted by atomic mass is 32.1. The number of rotatable bonds is 4. The van der Waals surface area contributed by atoms with Crippen molar-refractivity contribution in [3.8, 4) is 0 Å².